The lowest BCUT2D eigenvalue weighted by molar-refractivity contribution is -0.140. The van der Waals surface area contributed by atoms with E-state index in [1.807, 2.05) is 0 Å². The predicted octanol–water partition coefficient (Wildman–Crippen LogP) is 1.89. The molecule has 1 heterocycles. The van der Waals surface area contributed by atoms with Crippen molar-refractivity contribution in [3.63, 3.8) is 0 Å². The summed E-state index contributed by atoms with van der Waals surface area (Å²) in [5.41, 5.74) is 0.445. The summed E-state index contributed by atoms with van der Waals surface area (Å²) in [6, 6.07) is 3.62. The van der Waals surface area contributed by atoms with E-state index in [9.17, 15) is 13.2 Å². The number of hydrogen-bond donors (Lipinski definition) is 1. The third-order valence-corrected chi connectivity index (χ3v) is 5.76. The Morgan fingerprint density at radius 1 is 1.47 bits per heavy atom. The van der Waals surface area contributed by atoms with Crippen molar-refractivity contribution in [3.8, 4) is 0 Å². The average Bonchev–Trinajstić information content (AvgIpc) is 2.82. The molecule has 7 heteroatoms. The number of carboxylic acid groups (broad SMARTS) is 1. The molecule has 1 aromatic carbocycles. The molecule has 0 saturated carbocycles. The Morgan fingerprint density at radius 2 is 2.16 bits per heavy atom. The van der Waals surface area contributed by atoms with Gasteiger partial charge in [-0.1, -0.05) is 17.7 Å². The number of aliphatic carboxylic acids is 1. The van der Waals surface area contributed by atoms with Gasteiger partial charge in [0.05, 0.1) is 4.90 Å². The fraction of sp³-hybridized carbons (Fsp3) is 0.417. The topological polar surface area (TPSA) is 74.7 Å². The van der Waals surface area contributed by atoms with E-state index in [0.717, 1.165) is 4.31 Å². The Morgan fingerprint density at radius 3 is 2.79 bits per heavy atom. The lowest BCUT2D eigenvalue weighted by atomic mass is 10.2. The summed E-state index contributed by atoms with van der Waals surface area (Å²) < 4.78 is 26.1. The number of benzene rings is 1. The summed E-state index contributed by atoms with van der Waals surface area (Å²) >= 11 is 5.93. The molecule has 19 heavy (non-hydrogen) atoms. The molecule has 1 aliphatic rings. The van der Waals surface area contributed by atoms with Crippen molar-refractivity contribution >= 4 is 27.6 Å². The van der Waals surface area contributed by atoms with Crippen LogP contribution in [0, 0.1) is 6.92 Å². The fourth-order valence-corrected chi connectivity index (χ4v) is 4.40. The highest BCUT2D eigenvalue weighted by Crippen LogP contribution is 2.30. The molecule has 1 aliphatic heterocycles. The molecule has 0 amide bonds. The van der Waals surface area contributed by atoms with Crippen LogP contribution in [0.3, 0.4) is 0 Å². The van der Waals surface area contributed by atoms with Crippen molar-refractivity contribution in [2.24, 2.45) is 0 Å². The molecule has 1 aromatic rings. The van der Waals surface area contributed by atoms with E-state index in [1.54, 1.807) is 19.1 Å². The zero-order valence-corrected chi connectivity index (χ0v) is 11.9. The van der Waals surface area contributed by atoms with E-state index < -0.39 is 22.0 Å². The van der Waals surface area contributed by atoms with Crippen LogP contribution in [0.5, 0.6) is 0 Å². The van der Waals surface area contributed by atoms with Gasteiger partial charge in [-0.15, -0.1) is 0 Å². The molecule has 5 nitrogen and oxygen atoms in total. The van der Waals surface area contributed by atoms with Gasteiger partial charge in [-0.25, -0.2) is 8.42 Å². The molecule has 1 unspecified atom stereocenters. The second-order valence-corrected chi connectivity index (χ2v) is 6.74. The van der Waals surface area contributed by atoms with E-state index in [2.05, 4.69) is 0 Å². The lowest BCUT2D eigenvalue weighted by Crippen LogP contribution is -2.40. The van der Waals surface area contributed by atoms with Gasteiger partial charge in [-0.3, -0.25) is 4.79 Å². The minimum atomic E-state index is -3.82. The van der Waals surface area contributed by atoms with Crippen LogP contribution in [0.15, 0.2) is 23.1 Å². The summed E-state index contributed by atoms with van der Waals surface area (Å²) in [5.74, 6) is -1.11. The van der Waals surface area contributed by atoms with Crippen molar-refractivity contribution in [1.82, 2.24) is 4.31 Å². The van der Waals surface area contributed by atoms with Gasteiger partial charge in [0.1, 0.15) is 6.04 Å². The zero-order chi connectivity index (χ0) is 14.2. The first kappa shape index (κ1) is 14.3. The quantitative estimate of drug-likeness (QED) is 0.925. The minimum Gasteiger partial charge on any atom is -0.480 e. The molecule has 0 spiro atoms. The number of nitrogens with zero attached hydrogens (tertiary/aromatic N) is 1. The molecule has 1 atom stereocenters. The van der Waals surface area contributed by atoms with Gasteiger partial charge in [-0.05, 0) is 37.5 Å². The Labute approximate surface area is 116 Å². The Hall–Kier alpha value is -1.11. The highest BCUT2D eigenvalue weighted by Gasteiger charge is 2.40. The maximum absolute atomic E-state index is 12.5. The Balaban J connectivity index is 2.48. The second kappa shape index (κ2) is 5.11. The third kappa shape index (κ3) is 2.48. The summed E-state index contributed by atoms with van der Waals surface area (Å²) in [5, 5.41) is 9.44. The number of carbonyl (C=O) groups is 1. The maximum atomic E-state index is 12.5. The molecule has 104 valence electrons. The van der Waals surface area contributed by atoms with Crippen molar-refractivity contribution in [2.45, 2.75) is 30.7 Å². The largest absolute Gasteiger partial charge is 0.480 e. The van der Waals surface area contributed by atoms with E-state index >= 15 is 0 Å². The fourth-order valence-electron chi connectivity index (χ4n) is 2.27. The van der Waals surface area contributed by atoms with Gasteiger partial charge in [0.25, 0.3) is 0 Å². The van der Waals surface area contributed by atoms with Crippen LogP contribution >= 0.6 is 11.6 Å². The van der Waals surface area contributed by atoms with Crippen molar-refractivity contribution in [2.75, 3.05) is 6.54 Å². The number of hydrogen-bond acceptors (Lipinski definition) is 3. The van der Waals surface area contributed by atoms with Crippen LogP contribution in [0.25, 0.3) is 0 Å². The van der Waals surface area contributed by atoms with Gasteiger partial charge in [0.2, 0.25) is 10.0 Å². The highest BCUT2D eigenvalue weighted by molar-refractivity contribution is 7.89. The smallest absolute Gasteiger partial charge is 0.322 e. The summed E-state index contributed by atoms with van der Waals surface area (Å²) in [6.45, 7) is 1.84. The molecule has 0 aromatic heterocycles. The average molecular weight is 304 g/mol. The van der Waals surface area contributed by atoms with E-state index in [4.69, 9.17) is 16.7 Å². The highest BCUT2D eigenvalue weighted by atomic mass is 35.5. The van der Waals surface area contributed by atoms with E-state index in [0.29, 0.717) is 23.4 Å². The monoisotopic (exact) mass is 303 g/mol. The Bertz CT molecular complexity index is 614. The molecule has 1 fully saturated rings. The van der Waals surface area contributed by atoms with Gasteiger partial charge >= 0.3 is 5.97 Å². The van der Waals surface area contributed by atoms with E-state index in [1.165, 1.54) is 6.07 Å². The maximum Gasteiger partial charge on any atom is 0.322 e. The number of sulfonamides is 1. The first-order valence-corrected chi connectivity index (χ1v) is 7.67. The minimum absolute atomic E-state index is 0.0770. The normalized spacial score (nSPS) is 20.6. The van der Waals surface area contributed by atoms with Gasteiger partial charge in [0.15, 0.2) is 0 Å². The van der Waals surface area contributed by atoms with Crippen molar-refractivity contribution in [3.05, 3.63) is 28.8 Å². The molecular weight excluding hydrogens is 290 g/mol. The Kier molecular flexibility index (Phi) is 3.85. The molecule has 0 aliphatic carbocycles. The standard InChI is InChI=1S/C12H14ClNO4S/c1-8-9(13)4-2-6-11(8)19(17,18)14-7-3-5-10(14)12(15)16/h2,4,6,10H,3,5,7H2,1H3,(H,15,16). The number of carboxylic acids is 1. The van der Waals surface area contributed by atoms with Gasteiger partial charge in [0, 0.05) is 11.6 Å². The number of rotatable bonds is 3. The SMILES string of the molecule is Cc1c(Cl)cccc1S(=O)(=O)N1CCCC1C(=O)O. The van der Waals surface area contributed by atoms with Crippen molar-refractivity contribution < 1.29 is 18.3 Å². The summed E-state index contributed by atoms with van der Waals surface area (Å²) in [6.07, 6.45) is 0.893. The summed E-state index contributed by atoms with van der Waals surface area (Å²) in [7, 11) is -3.82. The van der Waals surface area contributed by atoms with Crippen LogP contribution in [-0.2, 0) is 14.8 Å². The van der Waals surface area contributed by atoms with Crippen LogP contribution < -0.4 is 0 Å². The first-order valence-electron chi connectivity index (χ1n) is 5.85. The van der Waals surface area contributed by atoms with Gasteiger partial charge in [-0.2, -0.15) is 4.31 Å². The zero-order valence-electron chi connectivity index (χ0n) is 10.3. The van der Waals surface area contributed by atoms with Crippen LogP contribution in [0.4, 0.5) is 0 Å². The van der Waals surface area contributed by atoms with E-state index in [-0.39, 0.29) is 11.4 Å². The molecule has 1 N–H and O–H groups in total. The third-order valence-electron chi connectivity index (χ3n) is 3.29. The predicted molar refractivity (Wildman–Crippen MR) is 70.7 cm³/mol. The molecule has 1 saturated heterocycles. The second-order valence-electron chi connectivity index (χ2n) is 4.47. The van der Waals surface area contributed by atoms with Crippen LogP contribution in [0.1, 0.15) is 18.4 Å². The lowest BCUT2D eigenvalue weighted by Gasteiger charge is -2.22. The molecular formula is C12H14ClNO4S. The molecule has 0 bridgehead atoms. The van der Waals surface area contributed by atoms with Crippen LogP contribution in [-0.4, -0.2) is 36.4 Å². The van der Waals surface area contributed by atoms with Crippen molar-refractivity contribution in [1.29, 1.82) is 0 Å². The summed E-state index contributed by atoms with van der Waals surface area (Å²) in [4.78, 5) is 11.2. The first-order chi connectivity index (χ1) is 8.85. The van der Waals surface area contributed by atoms with Crippen LogP contribution in [0.2, 0.25) is 5.02 Å². The molecule has 0 radical (unpaired) electrons. The molecule has 2 rings (SSSR count). The van der Waals surface area contributed by atoms with Gasteiger partial charge < -0.3 is 5.11 Å². The number of halogens is 1.